The minimum absolute atomic E-state index is 0.0447. The number of aromatic hydroxyl groups is 1. The molecule has 0 bridgehead atoms. The van der Waals surface area contributed by atoms with Crippen molar-refractivity contribution in [3.8, 4) is 5.75 Å². The first-order valence-corrected chi connectivity index (χ1v) is 9.30. The molecule has 4 rings (SSSR count). The van der Waals surface area contributed by atoms with E-state index in [2.05, 4.69) is 15.7 Å². The highest BCUT2D eigenvalue weighted by atomic mass is 19.4. The molecule has 0 saturated heterocycles. The smallest absolute Gasteiger partial charge is 0.410 e. The zero-order valence-electron chi connectivity index (χ0n) is 15.9. The molecule has 156 valence electrons. The Balaban J connectivity index is 1.64. The molecule has 1 aliphatic rings. The van der Waals surface area contributed by atoms with Gasteiger partial charge in [-0.25, -0.2) is 4.68 Å². The Hall–Kier alpha value is -3.49. The van der Waals surface area contributed by atoms with E-state index in [-0.39, 0.29) is 23.7 Å². The molecule has 0 unspecified atom stereocenters. The number of aryl methyl sites for hydroxylation is 1. The van der Waals surface area contributed by atoms with E-state index in [9.17, 15) is 23.1 Å². The molecule has 30 heavy (non-hydrogen) atoms. The minimum Gasteiger partial charge on any atom is -0.508 e. The molecule has 6 nitrogen and oxygen atoms in total. The van der Waals surface area contributed by atoms with Crippen LogP contribution in [0.15, 0.2) is 54.6 Å². The van der Waals surface area contributed by atoms with E-state index in [1.165, 1.54) is 24.3 Å². The average molecular weight is 416 g/mol. The van der Waals surface area contributed by atoms with Crippen LogP contribution in [0.25, 0.3) is 0 Å². The standard InChI is InChI=1S/C21H19F3N4O2/c1-12-5-7-13(8-6-12)16-10-18(21(22,23)24)28-19(26-16)11-17(27-28)20(30)25-14-3-2-4-15(29)9-14/h2-9,11,16,18,26,29H,10H2,1H3,(H,25,30)/t16-,18+/m1/s1. The van der Waals surface area contributed by atoms with Gasteiger partial charge in [0.25, 0.3) is 5.91 Å². The first-order chi connectivity index (χ1) is 14.2. The summed E-state index contributed by atoms with van der Waals surface area (Å²) in [5, 5.41) is 19.0. The fourth-order valence-electron chi connectivity index (χ4n) is 3.48. The highest BCUT2D eigenvalue weighted by Gasteiger charge is 2.46. The summed E-state index contributed by atoms with van der Waals surface area (Å²) in [6, 6.07) is 12.0. The molecular weight excluding hydrogens is 397 g/mol. The lowest BCUT2D eigenvalue weighted by atomic mass is 9.96. The Morgan fingerprint density at radius 2 is 1.93 bits per heavy atom. The summed E-state index contributed by atoms with van der Waals surface area (Å²) < 4.78 is 42.1. The van der Waals surface area contributed by atoms with Crippen molar-refractivity contribution >= 4 is 17.4 Å². The normalized spacial score (nSPS) is 18.4. The van der Waals surface area contributed by atoms with E-state index in [4.69, 9.17) is 0 Å². The van der Waals surface area contributed by atoms with Crippen molar-refractivity contribution in [1.29, 1.82) is 0 Å². The number of carbonyl (C=O) groups is 1. The quantitative estimate of drug-likeness (QED) is 0.573. The third kappa shape index (κ3) is 3.96. The fraction of sp³-hybridized carbons (Fsp3) is 0.238. The second-order valence-electron chi connectivity index (χ2n) is 7.26. The van der Waals surface area contributed by atoms with Crippen molar-refractivity contribution in [2.24, 2.45) is 0 Å². The SMILES string of the molecule is Cc1ccc([C@H]2C[C@@H](C(F)(F)F)n3nc(C(=O)Nc4cccc(O)c4)cc3N2)cc1. The lowest BCUT2D eigenvalue weighted by Crippen LogP contribution is -2.35. The molecule has 2 atom stereocenters. The lowest BCUT2D eigenvalue weighted by molar-refractivity contribution is -0.173. The summed E-state index contributed by atoms with van der Waals surface area (Å²) in [5.41, 5.74) is 1.90. The van der Waals surface area contributed by atoms with Crippen molar-refractivity contribution in [2.45, 2.75) is 31.6 Å². The maximum absolute atomic E-state index is 13.8. The van der Waals surface area contributed by atoms with E-state index < -0.39 is 24.2 Å². The van der Waals surface area contributed by atoms with E-state index >= 15 is 0 Å². The van der Waals surface area contributed by atoms with E-state index in [1.54, 1.807) is 18.2 Å². The number of alkyl halides is 3. The zero-order chi connectivity index (χ0) is 21.5. The largest absolute Gasteiger partial charge is 0.508 e. The molecule has 0 spiro atoms. The highest BCUT2D eigenvalue weighted by Crippen LogP contribution is 2.43. The number of aromatic nitrogens is 2. The number of phenols is 1. The van der Waals surface area contributed by atoms with Crippen molar-refractivity contribution < 1.29 is 23.1 Å². The predicted molar refractivity (Wildman–Crippen MR) is 106 cm³/mol. The summed E-state index contributed by atoms with van der Waals surface area (Å²) in [6.45, 7) is 1.91. The van der Waals surface area contributed by atoms with Crippen LogP contribution in [0.4, 0.5) is 24.7 Å². The van der Waals surface area contributed by atoms with Crippen LogP contribution in [0, 0.1) is 6.92 Å². The molecule has 3 aromatic rings. The summed E-state index contributed by atoms with van der Waals surface area (Å²) in [7, 11) is 0. The minimum atomic E-state index is -4.52. The number of rotatable bonds is 3. The topological polar surface area (TPSA) is 79.2 Å². The van der Waals surface area contributed by atoms with Gasteiger partial charge in [0.1, 0.15) is 11.6 Å². The maximum atomic E-state index is 13.8. The van der Waals surface area contributed by atoms with Gasteiger partial charge >= 0.3 is 6.18 Å². The molecule has 0 aliphatic carbocycles. The van der Waals surface area contributed by atoms with Crippen molar-refractivity contribution in [2.75, 3.05) is 10.6 Å². The molecular formula is C21H19F3N4O2. The number of hydrogen-bond donors (Lipinski definition) is 3. The Labute approximate surface area is 170 Å². The van der Waals surface area contributed by atoms with E-state index in [0.717, 1.165) is 15.8 Å². The van der Waals surface area contributed by atoms with Crippen LogP contribution >= 0.6 is 0 Å². The highest BCUT2D eigenvalue weighted by molar-refractivity contribution is 6.03. The van der Waals surface area contributed by atoms with Gasteiger partial charge in [0.05, 0.1) is 6.04 Å². The number of anilines is 2. The number of nitrogens with zero attached hydrogens (tertiary/aromatic N) is 2. The van der Waals surface area contributed by atoms with Crippen LogP contribution in [-0.2, 0) is 0 Å². The summed E-state index contributed by atoms with van der Waals surface area (Å²) in [4.78, 5) is 12.5. The van der Waals surface area contributed by atoms with Crippen LogP contribution < -0.4 is 10.6 Å². The van der Waals surface area contributed by atoms with Crippen molar-refractivity contribution in [3.05, 3.63) is 71.4 Å². The zero-order valence-corrected chi connectivity index (χ0v) is 15.9. The first kappa shape index (κ1) is 19.8. The second kappa shape index (κ2) is 7.40. The molecule has 0 radical (unpaired) electrons. The monoisotopic (exact) mass is 416 g/mol. The van der Waals surface area contributed by atoms with Gasteiger partial charge in [-0.2, -0.15) is 18.3 Å². The summed E-state index contributed by atoms with van der Waals surface area (Å²) in [5.74, 6) is -0.594. The van der Waals surface area contributed by atoms with E-state index in [0.29, 0.717) is 5.69 Å². The van der Waals surface area contributed by atoms with Gasteiger partial charge in [0.2, 0.25) is 0 Å². The molecule has 3 N–H and O–H groups in total. The average Bonchev–Trinajstić information content (AvgIpc) is 3.11. The van der Waals surface area contributed by atoms with Crippen LogP contribution in [0.1, 0.15) is 40.1 Å². The summed E-state index contributed by atoms with van der Waals surface area (Å²) >= 11 is 0. The number of phenolic OH excluding ortho intramolecular Hbond substituents is 1. The number of benzene rings is 2. The van der Waals surface area contributed by atoms with Gasteiger partial charge in [0.15, 0.2) is 11.7 Å². The van der Waals surface area contributed by atoms with Gasteiger partial charge in [-0.05, 0) is 24.6 Å². The number of carbonyl (C=O) groups excluding carboxylic acids is 1. The van der Waals surface area contributed by atoms with Gasteiger partial charge in [-0.15, -0.1) is 0 Å². The number of nitrogens with one attached hydrogen (secondary N) is 2. The van der Waals surface area contributed by atoms with E-state index in [1.807, 2.05) is 19.1 Å². The fourth-order valence-corrected chi connectivity index (χ4v) is 3.48. The molecule has 2 aromatic carbocycles. The third-order valence-corrected chi connectivity index (χ3v) is 5.01. The van der Waals surface area contributed by atoms with Crippen LogP contribution in [0.2, 0.25) is 0 Å². The molecule has 1 aliphatic heterocycles. The Morgan fingerprint density at radius 3 is 2.60 bits per heavy atom. The van der Waals surface area contributed by atoms with Crippen LogP contribution in [0.3, 0.4) is 0 Å². The van der Waals surface area contributed by atoms with Gasteiger partial charge in [-0.1, -0.05) is 35.9 Å². The predicted octanol–water partition coefficient (Wildman–Crippen LogP) is 4.81. The summed E-state index contributed by atoms with van der Waals surface area (Å²) in [6.07, 6.45) is -4.76. The Kier molecular flexibility index (Phi) is 4.89. The number of halogens is 3. The molecule has 1 aromatic heterocycles. The van der Waals surface area contributed by atoms with Crippen LogP contribution in [0.5, 0.6) is 5.75 Å². The lowest BCUT2D eigenvalue weighted by Gasteiger charge is -2.33. The Morgan fingerprint density at radius 1 is 1.20 bits per heavy atom. The number of hydrogen-bond acceptors (Lipinski definition) is 4. The van der Waals surface area contributed by atoms with Gasteiger partial charge in [0, 0.05) is 24.2 Å². The second-order valence-corrected chi connectivity index (χ2v) is 7.26. The van der Waals surface area contributed by atoms with Gasteiger partial charge in [-0.3, -0.25) is 4.79 Å². The van der Waals surface area contributed by atoms with Crippen molar-refractivity contribution in [3.63, 3.8) is 0 Å². The number of amides is 1. The third-order valence-electron chi connectivity index (χ3n) is 5.01. The van der Waals surface area contributed by atoms with Crippen molar-refractivity contribution in [1.82, 2.24) is 9.78 Å². The molecule has 0 fully saturated rings. The first-order valence-electron chi connectivity index (χ1n) is 9.30. The maximum Gasteiger partial charge on any atom is 0.410 e. The van der Waals surface area contributed by atoms with Crippen LogP contribution in [-0.4, -0.2) is 27.0 Å². The molecule has 2 heterocycles. The number of fused-ring (bicyclic) bond motifs is 1. The molecule has 0 saturated carbocycles. The van der Waals surface area contributed by atoms with Gasteiger partial charge < -0.3 is 15.7 Å². The molecule has 9 heteroatoms. The Bertz CT molecular complexity index is 1080. The molecule has 1 amide bonds.